The molecular weight excluding hydrogens is 315 g/mol. The molecule has 2 aromatic rings. The van der Waals surface area contributed by atoms with Gasteiger partial charge in [0, 0.05) is 0 Å². The fraction of sp³-hybridized carbons (Fsp3) is 0. The van der Waals surface area contributed by atoms with Crippen molar-refractivity contribution in [2.75, 3.05) is 5.32 Å². The maximum atomic E-state index is 13.7. The smallest absolute Gasteiger partial charge is 0.259 e. The van der Waals surface area contributed by atoms with Gasteiger partial charge in [-0.1, -0.05) is 40.9 Å². The van der Waals surface area contributed by atoms with E-state index < -0.39 is 11.7 Å². The molecule has 1 amide bonds. The molecular formula is C11H5Cl3FN3O. The van der Waals surface area contributed by atoms with Gasteiger partial charge in [0.1, 0.15) is 11.3 Å². The largest absolute Gasteiger partial charge is 0.305 e. The third kappa shape index (κ3) is 2.94. The Labute approximate surface area is 122 Å². The molecule has 0 saturated heterocycles. The minimum Gasteiger partial charge on any atom is -0.305 e. The Bertz CT molecular complexity index is 651. The van der Waals surface area contributed by atoms with Crippen LogP contribution in [-0.4, -0.2) is 15.9 Å². The van der Waals surface area contributed by atoms with Crippen molar-refractivity contribution in [3.63, 3.8) is 0 Å². The Morgan fingerprint density at radius 3 is 2.68 bits per heavy atom. The average molecular weight is 321 g/mol. The molecule has 0 aliphatic heterocycles. The highest BCUT2D eigenvalue weighted by molar-refractivity contribution is 6.43. The van der Waals surface area contributed by atoms with Gasteiger partial charge in [0.25, 0.3) is 5.91 Å². The van der Waals surface area contributed by atoms with Crippen LogP contribution >= 0.6 is 34.8 Å². The fourth-order valence-corrected chi connectivity index (χ4v) is 1.74. The normalized spacial score (nSPS) is 10.3. The third-order valence-corrected chi connectivity index (χ3v) is 3.21. The van der Waals surface area contributed by atoms with Crippen LogP contribution in [0.4, 0.5) is 10.2 Å². The van der Waals surface area contributed by atoms with Gasteiger partial charge in [0.05, 0.1) is 10.6 Å². The van der Waals surface area contributed by atoms with Gasteiger partial charge in [-0.3, -0.25) is 4.79 Å². The number of aromatic nitrogens is 2. The van der Waals surface area contributed by atoms with Gasteiger partial charge in [0.2, 0.25) is 0 Å². The van der Waals surface area contributed by atoms with E-state index in [-0.39, 0.29) is 26.6 Å². The van der Waals surface area contributed by atoms with Crippen molar-refractivity contribution in [1.82, 2.24) is 9.97 Å². The summed E-state index contributed by atoms with van der Waals surface area (Å²) < 4.78 is 13.7. The summed E-state index contributed by atoms with van der Waals surface area (Å²) in [5, 5.41) is 2.13. The fourth-order valence-electron chi connectivity index (χ4n) is 1.29. The van der Waals surface area contributed by atoms with Gasteiger partial charge in [0.15, 0.2) is 16.8 Å². The summed E-state index contributed by atoms with van der Waals surface area (Å²) in [4.78, 5) is 19.2. The summed E-state index contributed by atoms with van der Waals surface area (Å²) in [5.41, 5.74) is -0.224. The number of nitrogens with one attached hydrogen (secondary N) is 1. The Balaban J connectivity index is 2.31. The summed E-state index contributed by atoms with van der Waals surface area (Å²) >= 11 is 17.1. The maximum absolute atomic E-state index is 13.7. The van der Waals surface area contributed by atoms with Crippen LogP contribution in [0.2, 0.25) is 15.2 Å². The lowest BCUT2D eigenvalue weighted by atomic mass is 10.2. The molecule has 1 heterocycles. The predicted molar refractivity (Wildman–Crippen MR) is 71.4 cm³/mol. The highest BCUT2D eigenvalue weighted by Crippen LogP contribution is 2.26. The molecule has 0 unspecified atom stereocenters. The third-order valence-electron chi connectivity index (χ3n) is 2.18. The first kappa shape index (κ1) is 14.0. The molecule has 2 rings (SSSR count). The Hall–Kier alpha value is -1.43. The monoisotopic (exact) mass is 319 g/mol. The number of hydrogen-bond donors (Lipinski definition) is 1. The molecule has 1 aromatic heterocycles. The van der Waals surface area contributed by atoms with E-state index in [4.69, 9.17) is 34.8 Å². The van der Waals surface area contributed by atoms with Crippen LogP contribution in [0.5, 0.6) is 0 Å². The van der Waals surface area contributed by atoms with E-state index in [1.165, 1.54) is 18.2 Å². The Morgan fingerprint density at radius 2 is 1.95 bits per heavy atom. The molecule has 0 saturated carbocycles. The van der Waals surface area contributed by atoms with Crippen molar-refractivity contribution < 1.29 is 9.18 Å². The molecule has 1 N–H and O–H groups in total. The number of rotatable bonds is 2. The number of nitrogens with zero attached hydrogens (tertiary/aromatic N) is 2. The van der Waals surface area contributed by atoms with Gasteiger partial charge in [-0.25, -0.2) is 14.4 Å². The van der Waals surface area contributed by atoms with Crippen LogP contribution in [0.1, 0.15) is 10.4 Å². The predicted octanol–water partition coefficient (Wildman–Crippen LogP) is 3.83. The van der Waals surface area contributed by atoms with Crippen LogP contribution in [0.15, 0.2) is 24.5 Å². The van der Waals surface area contributed by atoms with Crippen molar-refractivity contribution in [2.45, 2.75) is 0 Å². The van der Waals surface area contributed by atoms with Crippen LogP contribution < -0.4 is 5.32 Å². The number of carbonyl (C=O) groups is 1. The van der Waals surface area contributed by atoms with Crippen molar-refractivity contribution in [3.8, 4) is 0 Å². The van der Waals surface area contributed by atoms with E-state index >= 15 is 0 Å². The van der Waals surface area contributed by atoms with Crippen molar-refractivity contribution in [1.29, 1.82) is 0 Å². The lowest BCUT2D eigenvalue weighted by Gasteiger charge is -2.07. The van der Waals surface area contributed by atoms with Gasteiger partial charge in [-0.05, 0) is 12.1 Å². The van der Waals surface area contributed by atoms with Crippen LogP contribution in [0, 0.1) is 5.82 Å². The molecule has 0 aliphatic rings. The summed E-state index contributed by atoms with van der Waals surface area (Å²) in [6.45, 7) is 0. The standard InChI is InChI=1S/C11H5Cl3FN3O/c12-6-3-1-2-5(8(6)15)11(19)18-10-7(13)9(14)16-4-17-10/h1-4H,(H,16,17,18,19). The molecule has 0 radical (unpaired) electrons. The number of anilines is 1. The Kier molecular flexibility index (Phi) is 4.19. The zero-order valence-electron chi connectivity index (χ0n) is 9.12. The van der Waals surface area contributed by atoms with Crippen molar-refractivity contribution >= 4 is 46.5 Å². The van der Waals surface area contributed by atoms with E-state index in [0.29, 0.717) is 0 Å². The summed E-state index contributed by atoms with van der Waals surface area (Å²) in [7, 11) is 0. The van der Waals surface area contributed by atoms with Crippen LogP contribution in [0.3, 0.4) is 0 Å². The van der Waals surface area contributed by atoms with Crippen LogP contribution in [-0.2, 0) is 0 Å². The maximum Gasteiger partial charge on any atom is 0.259 e. The molecule has 0 fully saturated rings. The zero-order valence-corrected chi connectivity index (χ0v) is 11.4. The molecule has 0 atom stereocenters. The van der Waals surface area contributed by atoms with E-state index in [1.54, 1.807) is 0 Å². The lowest BCUT2D eigenvalue weighted by Crippen LogP contribution is -2.15. The topological polar surface area (TPSA) is 54.9 Å². The van der Waals surface area contributed by atoms with E-state index in [2.05, 4.69) is 15.3 Å². The number of carbonyl (C=O) groups excluding carboxylic acids is 1. The summed E-state index contributed by atoms with van der Waals surface area (Å²) in [6, 6.07) is 4.07. The summed E-state index contributed by atoms with van der Waals surface area (Å²) in [5.74, 6) is -1.57. The molecule has 0 bridgehead atoms. The van der Waals surface area contributed by atoms with Gasteiger partial charge < -0.3 is 5.32 Å². The molecule has 19 heavy (non-hydrogen) atoms. The number of halogens is 4. The molecule has 0 spiro atoms. The average Bonchev–Trinajstić information content (AvgIpc) is 2.38. The second-order valence-corrected chi connectivity index (χ2v) is 4.53. The Morgan fingerprint density at radius 1 is 1.21 bits per heavy atom. The molecule has 4 nitrogen and oxygen atoms in total. The highest BCUT2D eigenvalue weighted by Gasteiger charge is 2.17. The SMILES string of the molecule is O=C(Nc1ncnc(Cl)c1Cl)c1cccc(Cl)c1F. The zero-order chi connectivity index (χ0) is 14.0. The molecule has 8 heteroatoms. The van der Waals surface area contributed by atoms with Gasteiger partial charge >= 0.3 is 0 Å². The van der Waals surface area contributed by atoms with E-state index in [9.17, 15) is 9.18 Å². The number of hydrogen-bond acceptors (Lipinski definition) is 3. The first-order chi connectivity index (χ1) is 9.00. The minimum atomic E-state index is -0.821. The van der Waals surface area contributed by atoms with Crippen molar-refractivity contribution in [3.05, 3.63) is 51.1 Å². The number of amides is 1. The van der Waals surface area contributed by atoms with Crippen LogP contribution in [0.25, 0.3) is 0 Å². The van der Waals surface area contributed by atoms with Crippen molar-refractivity contribution in [2.24, 2.45) is 0 Å². The highest BCUT2D eigenvalue weighted by atomic mass is 35.5. The molecule has 98 valence electrons. The number of benzene rings is 1. The van der Waals surface area contributed by atoms with Gasteiger partial charge in [-0.2, -0.15) is 0 Å². The quantitative estimate of drug-likeness (QED) is 0.856. The first-order valence-corrected chi connectivity index (χ1v) is 6.05. The lowest BCUT2D eigenvalue weighted by molar-refractivity contribution is 0.102. The second-order valence-electron chi connectivity index (χ2n) is 3.38. The van der Waals surface area contributed by atoms with E-state index in [0.717, 1.165) is 6.33 Å². The summed E-state index contributed by atoms with van der Waals surface area (Å²) in [6.07, 6.45) is 1.12. The second kappa shape index (κ2) is 5.69. The van der Waals surface area contributed by atoms with Gasteiger partial charge in [-0.15, -0.1) is 0 Å². The van der Waals surface area contributed by atoms with E-state index in [1.807, 2.05) is 0 Å². The first-order valence-electron chi connectivity index (χ1n) is 4.92. The molecule has 0 aliphatic carbocycles. The minimum absolute atomic E-state index is 0.00829. The molecule has 1 aromatic carbocycles.